The summed E-state index contributed by atoms with van der Waals surface area (Å²) >= 11 is 0. The van der Waals surface area contributed by atoms with Crippen LogP contribution in [-0.4, -0.2) is 28.3 Å². The van der Waals surface area contributed by atoms with E-state index in [2.05, 4.69) is 6.58 Å². The van der Waals surface area contributed by atoms with Gasteiger partial charge in [0.05, 0.1) is 11.0 Å². The Labute approximate surface area is 123 Å². The second-order valence-corrected chi connectivity index (χ2v) is 4.22. The first-order valence-corrected chi connectivity index (χ1v) is 5.84. The lowest BCUT2D eigenvalue weighted by Crippen LogP contribution is -2.41. The molecule has 110 valence electrons. The minimum absolute atomic E-state index is 0. The zero-order chi connectivity index (χ0) is 14.4. The summed E-state index contributed by atoms with van der Waals surface area (Å²) < 4.78 is 0. The third-order valence-electron chi connectivity index (χ3n) is 2.55. The summed E-state index contributed by atoms with van der Waals surface area (Å²) in [6, 6.07) is 5.57. The second-order valence-electron chi connectivity index (χ2n) is 4.22. The first-order valence-electron chi connectivity index (χ1n) is 5.84. The molecule has 1 aromatic rings. The van der Waals surface area contributed by atoms with Crippen LogP contribution in [0.15, 0.2) is 36.9 Å². The van der Waals surface area contributed by atoms with Gasteiger partial charge in [0.15, 0.2) is 0 Å². The van der Waals surface area contributed by atoms with E-state index in [1.165, 1.54) is 17.0 Å². The van der Waals surface area contributed by atoms with Gasteiger partial charge >= 0.3 is 0 Å². The maximum atomic E-state index is 11.9. The highest BCUT2D eigenvalue weighted by molar-refractivity contribution is 5.85. The molecular weight excluding hydrogens is 282 g/mol. The fraction of sp³-hybridized carbons (Fsp3) is 0.308. The SMILES string of the molecule is C=CCN(Cc1cccc([N+](=O)[O-])c1)C(=O)[C@H](C)N.Cl. The number of nitro groups is 1. The summed E-state index contributed by atoms with van der Waals surface area (Å²) in [5, 5.41) is 10.7. The summed E-state index contributed by atoms with van der Waals surface area (Å²) in [6.45, 7) is 5.81. The molecule has 0 unspecified atom stereocenters. The van der Waals surface area contributed by atoms with Crippen LogP contribution >= 0.6 is 12.4 Å². The molecule has 0 saturated carbocycles. The van der Waals surface area contributed by atoms with Crippen LogP contribution in [0.4, 0.5) is 5.69 Å². The van der Waals surface area contributed by atoms with Gasteiger partial charge in [-0.25, -0.2) is 0 Å². The molecule has 6 nitrogen and oxygen atoms in total. The predicted octanol–water partition coefficient (Wildman–Crippen LogP) is 1.88. The van der Waals surface area contributed by atoms with Crippen LogP contribution in [0, 0.1) is 10.1 Å². The largest absolute Gasteiger partial charge is 0.333 e. The van der Waals surface area contributed by atoms with Gasteiger partial charge in [0.1, 0.15) is 0 Å². The van der Waals surface area contributed by atoms with Crippen LogP contribution < -0.4 is 5.73 Å². The number of nitrogens with zero attached hydrogens (tertiary/aromatic N) is 2. The van der Waals surface area contributed by atoms with Crippen molar-refractivity contribution in [3.8, 4) is 0 Å². The number of hydrogen-bond donors (Lipinski definition) is 1. The molecule has 0 spiro atoms. The van der Waals surface area contributed by atoms with Crippen molar-refractivity contribution in [2.24, 2.45) is 5.73 Å². The lowest BCUT2D eigenvalue weighted by atomic mass is 10.1. The number of carbonyl (C=O) groups excluding carboxylic acids is 1. The van der Waals surface area contributed by atoms with Crippen molar-refractivity contribution in [1.29, 1.82) is 0 Å². The van der Waals surface area contributed by atoms with Crippen molar-refractivity contribution < 1.29 is 9.72 Å². The van der Waals surface area contributed by atoms with Crippen molar-refractivity contribution in [2.45, 2.75) is 19.5 Å². The molecule has 0 bridgehead atoms. The second kappa shape index (κ2) is 8.29. The average molecular weight is 300 g/mol. The van der Waals surface area contributed by atoms with Crippen LogP contribution in [0.2, 0.25) is 0 Å². The highest BCUT2D eigenvalue weighted by Crippen LogP contribution is 2.15. The van der Waals surface area contributed by atoms with Crippen LogP contribution in [-0.2, 0) is 11.3 Å². The number of non-ortho nitro benzene ring substituents is 1. The topological polar surface area (TPSA) is 89.5 Å². The van der Waals surface area contributed by atoms with E-state index in [0.717, 1.165) is 0 Å². The quantitative estimate of drug-likeness (QED) is 0.493. The highest BCUT2D eigenvalue weighted by Gasteiger charge is 2.17. The van der Waals surface area contributed by atoms with Gasteiger partial charge < -0.3 is 10.6 Å². The standard InChI is InChI=1S/C13H17N3O3.ClH/c1-3-7-15(13(17)10(2)14)9-11-5-4-6-12(8-11)16(18)19;/h3-6,8,10H,1,7,9,14H2,2H3;1H/t10-;/m0./s1. The molecule has 0 saturated heterocycles. The molecule has 7 heteroatoms. The minimum atomic E-state index is -0.612. The molecule has 2 N–H and O–H groups in total. The molecule has 0 aliphatic rings. The Morgan fingerprint density at radius 3 is 2.75 bits per heavy atom. The predicted molar refractivity (Wildman–Crippen MR) is 79.6 cm³/mol. The average Bonchev–Trinajstić information content (AvgIpc) is 2.37. The number of nitro benzene ring substituents is 1. The first kappa shape index (κ1) is 18.1. The van der Waals surface area contributed by atoms with E-state index in [1.807, 2.05) is 0 Å². The Kier molecular flexibility index (Phi) is 7.49. The number of carbonyl (C=O) groups is 1. The van der Waals surface area contributed by atoms with Crippen LogP contribution in [0.3, 0.4) is 0 Å². The van der Waals surface area contributed by atoms with Gasteiger partial charge in [0, 0.05) is 25.2 Å². The molecule has 0 aliphatic carbocycles. The first-order chi connectivity index (χ1) is 8.95. The van der Waals surface area contributed by atoms with Crippen molar-refractivity contribution in [2.75, 3.05) is 6.54 Å². The van der Waals surface area contributed by atoms with Gasteiger partial charge in [-0.3, -0.25) is 14.9 Å². The Bertz CT molecular complexity index is 492. The summed E-state index contributed by atoms with van der Waals surface area (Å²) in [5.41, 5.74) is 6.25. The van der Waals surface area contributed by atoms with Crippen molar-refractivity contribution in [3.05, 3.63) is 52.6 Å². The van der Waals surface area contributed by atoms with Crippen LogP contribution in [0.25, 0.3) is 0 Å². The number of hydrogen-bond acceptors (Lipinski definition) is 4. The fourth-order valence-electron chi connectivity index (χ4n) is 1.67. The molecule has 0 heterocycles. The Morgan fingerprint density at radius 2 is 2.25 bits per heavy atom. The Balaban J connectivity index is 0.00000361. The summed E-state index contributed by atoms with van der Waals surface area (Å²) in [4.78, 5) is 23.6. The van der Waals surface area contributed by atoms with Crippen molar-refractivity contribution in [3.63, 3.8) is 0 Å². The van der Waals surface area contributed by atoms with E-state index >= 15 is 0 Å². The smallest absolute Gasteiger partial charge is 0.269 e. The lowest BCUT2D eigenvalue weighted by molar-refractivity contribution is -0.384. The minimum Gasteiger partial charge on any atom is -0.333 e. The van der Waals surface area contributed by atoms with Crippen LogP contribution in [0.1, 0.15) is 12.5 Å². The van der Waals surface area contributed by atoms with E-state index < -0.39 is 11.0 Å². The summed E-state index contributed by atoms with van der Waals surface area (Å²) in [5.74, 6) is -0.216. The van der Waals surface area contributed by atoms with E-state index in [9.17, 15) is 14.9 Å². The third-order valence-corrected chi connectivity index (χ3v) is 2.55. The van der Waals surface area contributed by atoms with E-state index in [0.29, 0.717) is 12.1 Å². The van der Waals surface area contributed by atoms with Gasteiger partial charge in [-0.2, -0.15) is 0 Å². The maximum absolute atomic E-state index is 11.9. The van der Waals surface area contributed by atoms with Gasteiger partial charge in [-0.1, -0.05) is 18.2 Å². The molecular formula is C13H18ClN3O3. The van der Waals surface area contributed by atoms with Gasteiger partial charge in [0.2, 0.25) is 5.91 Å². The molecule has 1 rings (SSSR count). The van der Waals surface area contributed by atoms with E-state index in [-0.39, 0.29) is 30.5 Å². The molecule has 0 aromatic heterocycles. The number of nitrogens with two attached hydrogens (primary N) is 1. The number of amides is 1. The fourth-order valence-corrected chi connectivity index (χ4v) is 1.67. The van der Waals surface area contributed by atoms with Gasteiger partial charge in [-0.15, -0.1) is 19.0 Å². The zero-order valence-corrected chi connectivity index (χ0v) is 12.0. The number of halogens is 1. The number of benzene rings is 1. The summed E-state index contributed by atoms with van der Waals surface area (Å²) in [7, 11) is 0. The zero-order valence-electron chi connectivity index (χ0n) is 11.2. The van der Waals surface area contributed by atoms with Crippen molar-refractivity contribution >= 4 is 24.0 Å². The van der Waals surface area contributed by atoms with Gasteiger partial charge in [0.25, 0.3) is 5.69 Å². The molecule has 0 aliphatic heterocycles. The van der Waals surface area contributed by atoms with Gasteiger partial charge in [-0.05, 0) is 12.5 Å². The number of rotatable bonds is 6. The third kappa shape index (κ3) is 4.99. The molecule has 1 atom stereocenters. The highest BCUT2D eigenvalue weighted by atomic mass is 35.5. The monoisotopic (exact) mass is 299 g/mol. The molecule has 1 amide bonds. The molecule has 20 heavy (non-hydrogen) atoms. The Hall–Kier alpha value is -1.92. The van der Waals surface area contributed by atoms with E-state index in [4.69, 9.17) is 5.73 Å². The molecule has 1 aromatic carbocycles. The lowest BCUT2D eigenvalue weighted by Gasteiger charge is -2.23. The Morgan fingerprint density at radius 1 is 1.60 bits per heavy atom. The maximum Gasteiger partial charge on any atom is 0.269 e. The molecule has 0 radical (unpaired) electrons. The van der Waals surface area contributed by atoms with Crippen molar-refractivity contribution in [1.82, 2.24) is 4.90 Å². The van der Waals surface area contributed by atoms with E-state index in [1.54, 1.807) is 25.1 Å². The molecule has 0 fully saturated rings. The summed E-state index contributed by atoms with van der Waals surface area (Å²) in [6.07, 6.45) is 1.59. The normalized spacial score (nSPS) is 11.1. The van der Waals surface area contributed by atoms with Crippen LogP contribution in [0.5, 0.6) is 0 Å².